The first-order valence-electron chi connectivity index (χ1n) is 6.82. The molecule has 2 aromatic rings. The lowest BCUT2D eigenvalue weighted by molar-refractivity contribution is 0.340. The Morgan fingerprint density at radius 1 is 1.18 bits per heavy atom. The maximum Gasteiger partial charge on any atom is 0.332 e. The van der Waals surface area contributed by atoms with Gasteiger partial charge in [-0.2, -0.15) is 5.10 Å². The highest BCUT2D eigenvalue weighted by molar-refractivity contribution is 5.80. The number of anilines is 1. The molecule has 0 spiro atoms. The van der Waals surface area contributed by atoms with Crippen LogP contribution in [-0.4, -0.2) is 22.0 Å². The normalized spacial score (nSPS) is 10.9. The van der Waals surface area contributed by atoms with Crippen molar-refractivity contribution in [3.8, 4) is 5.75 Å². The zero-order chi connectivity index (χ0) is 16.1. The standard InChI is InChI=1S/C15H18N4O3/c1-4-22-12-7-5-11(6-8-12)10-16-17-13-9-14(20)19(3)15(21)18(13)2/h5-10,17H,4H2,1-3H3. The van der Waals surface area contributed by atoms with E-state index in [1.807, 2.05) is 31.2 Å². The number of hydrazone groups is 1. The van der Waals surface area contributed by atoms with Crippen LogP contribution in [0.5, 0.6) is 5.75 Å². The quantitative estimate of drug-likeness (QED) is 0.658. The second-order valence-corrected chi connectivity index (χ2v) is 4.64. The average Bonchev–Trinajstić information content (AvgIpc) is 2.52. The average molecular weight is 302 g/mol. The molecule has 0 saturated carbocycles. The number of ether oxygens (including phenoxy) is 1. The lowest BCUT2D eigenvalue weighted by atomic mass is 10.2. The molecule has 0 unspecified atom stereocenters. The molecule has 0 fully saturated rings. The van der Waals surface area contributed by atoms with E-state index in [0.29, 0.717) is 12.4 Å². The van der Waals surface area contributed by atoms with Crippen molar-refractivity contribution < 1.29 is 4.74 Å². The Hall–Kier alpha value is -2.83. The third kappa shape index (κ3) is 3.43. The first-order valence-corrected chi connectivity index (χ1v) is 6.82. The molecular formula is C15H18N4O3. The van der Waals surface area contributed by atoms with Crippen LogP contribution in [0.4, 0.5) is 5.82 Å². The summed E-state index contributed by atoms with van der Waals surface area (Å²) in [5, 5.41) is 4.04. The van der Waals surface area contributed by atoms with E-state index in [1.165, 1.54) is 17.7 Å². The maximum absolute atomic E-state index is 11.8. The molecule has 0 amide bonds. The van der Waals surface area contributed by atoms with Gasteiger partial charge in [0.15, 0.2) is 0 Å². The topological polar surface area (TPSA) is 77.6 Å². The Kier molecular flexibility index (Phi) is 4.77. The summed E-state index contributed by atoms with van der Waals surface area (Å²) in [6.07, 6.45) is 1.59. The molecule has 7 heteroatoms. The minimum atomic E-state index is -0.411. The molecule has 0 aliphatic carbocycles. The number of aromatic nitrogens is 2. The van der Waals surface area contributed by atoms with Crippen LogP contribution in [0.25, 0.3) is 0 Å². The van der Waals surface area contributed by atoms with Gasteiger partial charge in [0, 0.05) is 20.2 Å². The van der Waals surface area contributed by atoms with E-state index in [4.69, 9.17) is 4.74 Å². The van der Waals surface area contributed by atoms with Crippen molar-refractivity contribution in [2.45, 2.75) is 6.92 Å². The molecule has 1 aromatic carbocycles. The highest BCUT2D eigenvalue weighted by Gasteiger charge is 2.04. The number of nitrogens with one attached hydrogen (secondary N) is 1. The summed E-state index contributed by atoms with van der Waals surface area (Å²) in [5.41, 5.74) is 2.77. The van der Waals surface area contributed by atoms with Gasteiger partial charge in [0.2, 0.25) is 0 Å². The van der Waals surface area contributed by atoms with Crippen LogP contribution in [0.2, 0.25) is 0 Å². The number of benzene rings is 1. The van der Waals surface area contributed by atoms with Crippen molar-refractivity contribution in [2.75, 3.05) is 12.0 Å². The summed E-state index contributed by atoms with van der Waals surface area (Å²) < 4.78 is 7.70. The second-order valence-electron chi connectivity index (χ2n) is 4.64. The van der Waals surface area contributed by atoms with Gasteiger partial charge in [-0.15, -0.1) is 0 Å². The molecule has 0 aliphatic rings. The van der Waals surface area contributed by atoms with Gasteiger partial charge in [0.05, 0.1) is 12.8 Å². The van der Waals surface area contributed by atoms with Gasteiger partial charge in [-0.25, -0.2) is 4.79 Å². The number of hydrogen-bond acceptors (Lipinski definition) is 5. The molecule has 22 heavy (non-hydrogen) atoms. The highest BCUT2D eigenvalue weighted by atomic mass is 16.5. The van der Waals surface area contributed by atoms with E-state index in [0.717, 1.165) is 15.9 Å². The Bertz CT molecular complexity index is 788. The lowest BCUT2D eigenvalue weighted by Gasteiger charge is -2.07. The van der Waals surface area contributed by atoms with Crippen molar-refractivity contribution in [2.24, 2.45) is 19.2 Å². The monoisotopic (exact) mass is 302 g/mol. The van der Waals surface area contributed by atoms with Gasteiger partial charge < -0.3 is 4.74 Å². The SMILES string of the molecule is CCOc1ccc(C=NNc2cc(=O)n(C)c(=O)n2C)cc1. The van der Waals surface area contributed by atoms with E-state index in [9.17, 15) is 9.59 Å². The second kappa shape index (κ2) is 6.75. The molecule has 0 aliphatic heterocycles. The molecule has 0 atom stereocenters. The van der Waals surface area contributed by atoms with E-state index < -0.39 is 5.69 Å². The highest BCUT2D eigenvalue weighted by Crippen LogP contribution is 2.10. The smallest absolute Gasteiger partial charge is 0.332 e. The van der Waals surface area contributed by atoms with E-state index in [2.05, 4.69) is 10.5 Å². The zero-order valence-corrected chi connectivity index (χ0v) is 12.7. The molecule has 7 nitrogen and oxygen atoms in total. The largest absolute Gasteiger partial charge is 0.494 e. The third-order valence-electron chi connectivity index (χ3n) is 3.11. The van der Waals surface area contributed by atoms with Crippen LogP contribution in [0.3, 0.4) is 0 Å². The van der Waals surface area contributed by atoms with Gasteiger partial charge in [-0.3, -0.25) is 19.4 Å². The van der Waals surface area contributed by atoms with Crippen molar-refractivity contribution in [3.63, 3.8) is 0 Å². The summed E-state index contributed by atoms with van der Waals surface area (Å²) in [7, 11) is 2.99. The predicted molar refractivity (Wildman–Crippen MR) is 85.8 cm³/mol. The van der Waals surface area contributed by atoms with Crippen LogP contribution in [-0.2, 0) is 14.1 Å². The fourth-order valence-electron chi connectivity index (χ4n) is 1.83. The fourth-order valence-corrected chi connectivity index (χ4v) is 1.83. The molecule has 116 valence electrons. The molecule has 2 rings (SSSR count). The minimum Gasteiger partial charge on any atom is -0.494 e. The van der Waals surface area contributed by atoms with Crippen LogP contribution >= 0.6 is 0 Å². The van der Waals surface area contributed by atoms with Crippen molar-refractivity contribution in [3.05, 3.63) is 56.7 Å². The molecule has 0 bridgehead atoms. The van der Waals surface area contributed by atoms with Crippen LogP contribution in [0, 0.1) is 0 Å². The number of nitrogens with zero attached hydrogens (tertiary/aromatic N) is 3. The van der Waals surface area contributed by atoms with Crippen LogP contribution in [0.1, 0.15) is 12.5 Å². The third-order valence-corrected chi connectivity index (χ3v) is 3.11. The Balaban J connectivity index is 2.13. The van der Waals surface area contributed by atoms with E-state index >= 15 is 0 Å². The Labute approximate surface area is 127 Å². The van der Waals surface area contributed by atoms with Gasteiger partial charge in [0.1, 0.15) is 11.6 Å². The number of hydrogen-bond donors (Lipinski definition) is 1. The number of rotatable bonds is 5. The summed E-state index contributed by atoms with van der Waals surface area (Å²) in [4.78, 5) is 23.4. The maximum atomic E-state index is 11.8. The minimum absolute atomic E-state index is 0.329. The van der Waals surface area contributed by atoms with Crippen molar-refractivity contribution >= 4 is 12.0 Å². The molecule has 1 aromatic heterocycles. The van der Waals surface area contributed by atoms with Gasteiger partial charge in [0.25, 0.3) is 5.56 Å². The van der Waals surface area contributed by atoms with Crippen LogP contribution < -0.4 is 21.4 Å². The van der Waals surface area contributed by atoms with Crippen molar-refractivity contribution in [1.82, 2.24) is 9.13 Å². The lowest BCUT2D eigenvalue weighted by Crippen LogP contribution is -2.37. The van der Waals surface area contributed by atoms with Gasteiger partial charge >= 0.3 is 5.69 Å². The molecular weight excluding hydrogens is 284 g/mol. The fraction of sp³-hybridized carbons (Fsp3) is 0.267. The first kappa shape index (κ1) is 15.6. The zero-order valence-electron chi connectivity index (χ0n) is 12.7. The molecule has 1 heterocycles. The first-order chi connectivity index (χ1) is 10.5. The Morgan fingerprint density at radius 2 is 1.86 bits per heavy atom. The summed E-state index contributed by atoms with van der Waals surface area (Å²) in [6, 6.07) is 8.73. The summed E-state index contributed by atoms with van der Waals surface area (Å²) in [5.74, 6) is 1.12. The van der Waals surface area contributed by atoms with Crippen LogP contribution in [0.15, 0.2) is 45.0 Å². The van der Waals surface area contributed by atoms with Crippen molar-refractivity contribution in [1.29, 1.82) is 0 Å². The Morgan fingerprint density at radius 3 is 2.50 bits per heavy atom. The molecule has 0 radical (unpaired) electrons. The molecule has 1 N–H and O–H groups in total. The predicted octanol–water partition coefficient (Wildman–Crippen LogP) is 0.929. The summed E-state index contributed by atoms with van der Waals surface area (Å²) >= 11 is 0. The molecule has 0 saturated heterocycles. The van der Waals surface area contributed by atoms with Gasteiger partial charge in [-0.05, 0) is 36.8 Å². The van der Waals surface area contributed by atoms with E-state index in [1.54, 1.807) is 13.3 Å². The van der Waals surface area contributed by atoms with Gasteiger partial charge in [-0.1, -0.05) is 0 Å². The van der Waals surface area contributed by atoms with E-state index in [-0.39, 0.29) is 5.56 Å². The summed E-state index contributed by atoms with van der Waals surface area (Å²) in [6.45, 7) is 2.54.